The zero-order valence-corrected chi connectivity index (χ0v) is 15.3. The van der Waals surface area contributed by atoms with Crippen LogP contribution in [0.1, 0.15) is 57.6 Å². The second-order valence-electron chi connectivity index (χ2n) is 8.18. The molecule has 2 aliphatic rings. The highest BCUT2D eigenvalue weighted by molar-refractivity contribution is 5.68. The number of carbonyl (C=O) groups excluding carboxylic acids is 1. The lowest BCUT2D eigenvalue weighted by molar-refractivity contribution is 0.0436. The Morgan fingerprint density at radius 1 is 1.32 bits per heavy atom. The number of nitriles is 1. The largest absolute Gasteiger partial charge is 0.444 e. The SMILES string of the molecule is CC(C)(C)OC(=O)NC1CC2CCC(C1)N2Cc1cccc(C#N)c1. The summed E-state index contributed by atoms with van der Waals surface area (Å²) in [4.78, 5) is 14.6. The standard InChI is InChI=1S/C20H27N3O2/c1-20(2,3)25-19(24)22-16-10-17-7-8-18(11-16)23(17)13-15-6-4-5-14(9-15)12-21/h4-6,9,16-18H,7-8,10-11,13H2,1-3H3,(H,22,24). The van der Waals surface area contributed by atoms with Gasteiger partial charge < -0.3 is 10.1 Å². The second-order valence-corrected chi connectivity index (χ2v) is 8.18. The van der Waals surface area contributed by atoms with Gasteiger partial charge in [-0.2, -0.15) is 5.26 Å². The van der Waals surface area contributed by atoms with Crippen LogP contribution in [0.15, 0.2) is 24.3 Å². The maximum absolute atomic E-state index is 12.0. The third-order valence-corrected chi connectivity index (χ3v) is 5.03. The third-order valence-electron chi connectivity index (χ3n) is 5.03. The molecule has 5 nitrogen and oxygen atoms in total. The number of nitrogens with zero attached hydrogens (tertiary/aromatic N) is 2. The van der Waals surface area contributed by atoms with Crippen LogP contribution in [0.4, 0.5) is 4.79 Å². The van der Waals surface area contributed by atoms with Gasteiger partial charge in [-0.05, 0) is 64.2 Å². The molecule has 0 spiro atoms. The van der Waals surface area contributed by atoms with Gasteiger partial charge in [0.25, 0.3) is 0 Å². The first-order valence-corrected chi connectivity index (χ1v) is 9.08. The Kier molecular flexibility index (Phi) is 5.01. The van der Waals surface area contributed by atoms with Crippen LogP contribution in [0.2, 0.25) is 0 Å². The van der Waals surface area contributed by atoms with E-state index in [9.17, 15) is 4.79 Å². The molecule has 1 aromatic rings. The van der Waals surface area contributed by atoms with Crippen molar-refractivity contribution in [2.75, 3.05) is 0 Å². The number of hydrogen-bond acceptors (Lipinski definition) is 4. The van der Waals surface area contributed by atoms with Crippen LogP contribution in [0.3, 0.4) is 0 Å². The number of fused-ring (bicyclic) bond motifs is 2. The summed E-state index contributed by atoms with van der Waals surface area (Å²) < 4.78 is 5.39. The molecular formula is C20H27N3O2. The first kappa shape index (κ1) is 17.8. The normalized spacial score (nSPS) is 26.1. The molecule has 134 valence electrons. The van der Waals surface area contributed by atoms with Gasteiger partial charge in [0.1, 0.15) is 5.60 Å². The van der Waals surface area contributed by atoms with Gasteiger partial charge in [-0.25, -0.2) is 4.79 Å². The van der Waals surface area contributed by atoms with Crippen molar-refractivity contribution in [3.8, 4) is 6.07 Å². The first-order chi connectivity index (χ1) is 11.8. The van der Waals surface area contributed by atoms with Crippen molar-refractivity contribution in [1.82, 2.24) is 10.2 Å². The average Bonchev–Trinajstić information content (AvgIpc) is 2.76. The van der Waals surface area contributed by atoms with E-state index in [1.807, 2.05) is 39.0 Å². The first-order valence-electron chi connectivity index (χ1n) is 9.08. The molecular weight excluding hydrogens is 314 g/mol. The lowest BCUT2D eigenvalue weighted by atomic mass is 9.96. The van der Waals surface area contributed by atoms with E-state index in [-0.39, 0.29) is 12.1 Å². The van der Waals surface area contributed by atoms with Crippen LogP contribution < -0.4 is 5.32 Å². The zero-order valence-electron chi connectivity index (χ0n) is 15.3. The molecule has 0 aliphatic carbocycles. The van der Waals surface area contributed by atoms with Crippen molar-refractivity contribution in [1.29, 1.82) is 5.26 Å². The Hall–Kier alpha value is -2.06. The van der Waals surface area contributed by atoms with Gasteiger partial charge in [0, 0.05) is 24.7 Å². The number of carbonyl (C=O) groups is 1. The number of nitrogens with one attached hydrogen (secondary N) is 1. The Morgan fingerprint density at radius 3 is 2.60 bits per heavy atom. The van der Waals surface area contributed by atoms with Gasteiger partial charge in [0.05, 0.1) is 11.6 Å². The molecule has 5 heteroatoms. The van der Waals surface area contributed by atoms with Gasteiger partial charge in [-0.15, -0.1) is 0 Å². The predicted octanol–water partition coefficient (Wildman–Crippen LogP) is 3.58. The van der Waals surface area contributed by atoms with E-state index in [2.05, 4.69) is 22.4 Å². The number of alkyl carbamates (subject to hydrolysis) is 1. The van der Waals surface area contributed by atoms with Crippen LogP contribution in [-0.2, 0) is 11.3 Å². The number of amides is 1. The van der Waals surface area contributed by atoms with Crippen LogP contribution >= 0.6 is 0 Å². The molecule has 0 aromatic heterocycles. The van der Waals surface area contributed by atoms with Crippen molar-refractivity contribution in [2.45, 2.75) is 76.7 Å². The van der Waals surface area contributed by atoms with E-state index >= 15 is 0 Å². The van der Waals surface area contributed by atoms with Gasteiger partial charge in [0.15, 0.2) is 0 Å². The molecule has 0 saturated carbocycles. The molecule has 1 aromatic carbocycles. The number of benzene rings is 1. The fraction of sp³-hybridized carbons (Fsp3) is 0.600. The molecule has 2 bridgehead atoms. The van der Waals surface area contributed by atoms with Crippen molar-refractivity contribution < 1.29 is 9.53 Å². The smallest absolute Gasteiger partial charge is 0.407 e. The maximum Gasteiger partial charge on any atom is 0.407 e. The van der Waals surface area contributed by atoms with Crippen molar-refractivity contribution in [3.05, 3.63) is 35.4 Å². The molecule has 1 amide bonds. The van der Waals surface area contributed by atoms with E-state index in [0.717, 1.165) is 19.4 Å². The van der Waals surface area contributed by atoms with Crippen molar-refractivity contribution in [3.63, 3.8) is 0 Å². The molecule has 0 radical (unpaired) electrons. The topological polar surface area (TPSA) is 65.4 Å². The molecule has 2 heterocycles. The van der Waals surface area contributed by atoms with Gasteiger partial charge in [-0.1, -0.05) is 12.1 Å². The molecule has 2 aliphatic heterocycles. The lowest BCUT2D eigenvalue weighted by Gasteiger charge is -2.39. The minimum atomic E-state index is -0.463. The summed E-state index contributed by atoms with van der Waals surface area (Å²) in [5, 5.41) is 12.1. The van der Waals surface area contributed by atoms with Crippen molar-refractivity contribution >= 4 is 6.09 Å². The highest BCUT2D eigenvalue weighted by Crippen LogP contribution is 2.37. The van der Waals surface area contributed by atoms with Crippen LogP contribution in [0.5, 0.6) is 0 Å². The molecule has 25 heavy (non-hydrogen) atoms. The minimum absolute atomic E-state index is 0.189. The number of ether oxygens (including phenoxy) is 1. The fourth-order valence-corrected chi connectivity index (χ4v) is 4.07. The van der Waals surface area contributed by atoms with E-state index in [0.29, 0.717) is 17.6 Å². The van der Waals surface area contributed by atoms with Crippen LogP contribution in [0, 0.1) is 11.3 Å². The summed E-state index contributed by atoms with van der Waals surface area (Å²) in [6.07, 6.45) is 3.97. The van der Waals surface area contributed by atoms with Gasteiger partial charge in [-0.3, -0.25) is 4.90 Å². The van der Waals surface area contributed by atoms with Gasteiger partial charge in [0.2, 0.25) is 0 Å². The number of rotatable bonds is 3. The van der Waals surface area contributed by atoms with Crippen molar-refractivity contribution in [2.24, 2.45) is 0 Å². The Morgan fingerprint density at radius 2 is 2.00 bits per heavy atom. The molecule has 1 N–H and O–H groups in total. The van der Waals surface area contributed by atoms with Crippen LogP contribution in [0.25, 0.3) is 0 Å². The highest BCUT2D eigenvalue weighted by atomic mass is 16.6. The minimum Gasteiger partial charge on any atom is -0.444 e. The van der Waals surface area contributed by atoms with Gasteiger partial charge >= 0.3 is 6.09 Å². The number of hydrogen-bond donors (Lipinski definition) is 1. The van der Waals surface area contributed by atoms with Crippen LogP contribution in [-0.4, -0.2) is 34.7 Å². The zero-order chi connectivity index (χ0) is 18.0. The molecule has 3 rings (SSSR count). The summed E-state index contributed by atoms with van der Waals surface area (Å²) in [6.45, 7) is 6.53. The highest BCUT2D eigenvalue weighted by Gasteiger charge is 2.41. The Labute approximate surface area is 150 Å². The number of piperidine rings is 1. The molecule has 2 fully saturated rings. The molecule has 2 atom stereocenters. The summed E-state index contributed by atoms with van der Waals surface area (Å²) in [5.74, 6) is 0. The second kappa shape index (κ2) is 7.05. The maximum atomic E-state index is 12.0. The van der Waals surface area contributed by atoms with E-state index in [1.54, 1.807) is 0 Å². The Bertz CT molecular complexity index is 660. The molecule has 2 saturated heterocycles. The Balaban J connectivity index is 1.59. The predicted molar refractivity (Wildman–Crippen MR) is 95.9 cm³/mol. The average molecular weight is 341 g/mol. The molecule has 2 unspecified atom stereocenters. The fourth-order valence-electron chi connectivity index (χ4n) is 4.07. The van der Waals surface area contributed by atoms with E-state index in [4.69, 9.17) is 10.00 Å². The summed E-state index contributed by atoms with van der Waals surface area (Å²) >= 11 is 0. The van der Waals surface area contributed by atoms with E-state index < -0.39 is 5.60 Å². The monoisotopic (exact) mass is 341 g/mol. The summed E-state index contributed by atoms with van der Waals surface area (Å²) in [5.41, 5.74) is 1.44. The third kappa shape index (κ3) is 4.52. The lowest BCUT2D eigenvalue weighted by Crippen LogP contribution is -2.50. The quantitative estimate of drug-likeness (QED) is 0.912. The summed E-state index contributed by atoms with van der Waals surface area (Å²) in [6, 6.07) is 11.2. The summed E-state index contributed by atoms with van der Waals surface area (Å²) in [7, 11) is 0. The van der Waals surface area contributed by atoms with E-state index in [1.165, 1.54) is 18.4 Å².